The first-order valence-corrected chi connectivity index (χ1v) is 21.6. The first-order valence-electron chi connectivity index (χ1n) is 15.8. The minimum Gasteiger partial charge on any atom is -0.505 e. The average molecular weight is 914 g/mol. The summed E-state index contributed by atoms with van der Waals surface area (Å²) >= 11 is 0. The molecule has 318 valence electrons. The first-order chi connectivity index (χ1) is 27.4. The smallest absolute Gasteiger partial charge is 0.297 e. The maximum Gasteiger partial charge on any atom is 0.297 e. The number of non-ortho nitro benzene ring substituents is 1. The van der Waals surface area contributed by atoms with Crippen LogP contribution in [-0.4, -0.2) is 81.9 Å². The van der Waals surface area contributed by atoms with Gasteiger partial charge in [-0.2, -0.15) is 43.9 Å². The molecule has 30 heteroatoms. The molecule has 0 unspecified atom stereocenters. The predicted molar refractivity (Wildman–Crippen MR) is 202 cm³/mol. The van der Waals surface area contributed by atoms with Gasteiger partial charge < -0.3 is 15.3 Å². The van der Waals surface area contributed by atoms with Crippen LogP contribution in [0.3, 0.4) is 0 Å². The van der Waals surface area contributed by atoms with Gasteiger partial charge in [0, 0.05) is 24.6 Å². The highest BCUT2D eigenvalue weighted by atomic mass is 32.2. The lowest BCUT2D eigenvalue weighted by Gasteiger charge is -2.15. The third kappa shape index (κ3) is 9.08. The molecular weight excluding hydrogens is 887 g/mol. The molecule has 5 rings (SSSR count). The highest BCUT2D eigenvalue weighted by Crippen LogP contribution is 2.50. The zero-order chi connectivity index (χ0) is 45.1. The summed E-state index contributed by atoms with van der Waals surface area (Å²) in [4.78, 5) is 5.15. The number of azo groups is 3. The van der Waals surface area contributed by atoms with Gasteiger partial charge in [0.15, 0.2) is 17.2 Å². The van der Waals surface area contributed by atoms with Gasteiger partial charge in [-0.1, -0.05) is 20.8 Å². The molecule has 0 aliphatic rings. The topological polar surface area (TPSA) is 413 Å². The highest BCUT2D eigenvalue weighted by molar-refractivity contribution is 7.86. The molecule has 0 aliphatic heterocycles. The van der Waals surface area contributed by atoms with Crippen molar-refractivity contribution in [1.29, 1.82) is 0 Å². The zero-order valence-electron chi connectivity index (χ0n) is 30.5. The lowest BCUT2D eigenvalue weighted by atomic mass is 9.91. The monoisotopic (exact) mass is 913 g/mol. The van der Waals surface area contributed by atoms with Gasteiger partial charge in [0.25, 0.3) is 46.2 Å². The Kier molecular flexibility index (Phi) is 11.4. The van der Waals surface area contributed by atoms with Crippen molar-refractivity contribution in [3.63, 3.8) is 0 Å². The first kappa shape index (κ1) is 44.7. The largest absolute Gasteiger partial charge is 0.505 e. The van der Waals surface area contributed by atoms with Crippen LogP contribution in [-0.2, 0) is 52.9 Å². The summed E-state index contributed by atoms with van der Waals surface area (Å²) in [5, 5.41) is 68.3. The van der Waals surface area contributed by atoms with Crippen LogP contribution in [0.2, 0.25) is 0 Å². The van der Waals surface area contributed by atoms with E-state index in [1.165, 1.54) is 7.05 Å². The molecule has 26 nitrogen and oxygen atoms in total. The van der Waals surface area contributed by atoms with Gasteiger partial charge >= 0.3 is 0 Å². The molecule has 0 spiro atoms. The normalized spacial score (nSPS) is 13.3. The predicted octanol–water partition coefficient (Wildman–Crippen LogP) is 6.13. The fourth-order valence-corrected chi connectivity index (χ4v) is 7.83. The molecule has 0 bridgehead atoms. The number of rotatable bonds is 11. The van der Waals surface area contributed by atoms with Gasteiger partial charge in [0.05, 0.1) is 21.7 Å². The van der Waals surface area contributed by atoms with Crippen LogP contribution in [0.15, 0.2) is 98.8 Å². The average Bonchev–Trinajstić information content (AvgIpc) is 3.40. The van der Waals surface area contributed by atoms with E-state index >= 15 is 0 Å². The Morgan fingerprint density at radius 2 is 1.05 bits per heavy atom. The van der Waals surface area contributed by atoms with Crippen molar-refractivity contribution in [3.8, 4) is 17.4 Å². The molecule has 4 aromatic carbocycles. The molecule has 60 heavy (non-hydrogen) atoms. The second-order valence-corrected chi connectivity index (χ2v) is 18.8. The van der Waals surface area contributed by atoms with Crippen LogP contribution >= 0.6 is 0 Å². The van der Waals surface area contributed by atoms with Crippen LogP contribution in [0.5, 0.6) is 17.4 Å². The minimum atomic E-state index is -5.50. The number of aromatic nitrogens is 2. The maximum atomic E-state index is 12.5. The van der Waals surface area contributed by atoms with Gasteiger partial charge in [0.1, 0.15) is 42.3 Å². The second kappa shape index (κ2) is 15.3. The van der Waals surface area contributed by atoms with Crippen molar-refractivity contribution in [2.45, 2.75) is 45.8 Å². The number of nitro groups is 1. The van der Waals surface area contributed by atoms with E-state index in [1.807, 2.05) is 0 Å². The lowest BCUT2D eigenvalue weighted by molar-refractivity contribution is -0.385. The Bertz CT molecular complexity index is 3210. The van der Waals surface area contributed by atoms with Gasteiger partial charge in [-0.05, 0) is 41.8 Å². The van der Waals surface area contributed by atoms with E-state index in [0.717, 1.165) is 22.9 Å². The molecule has 0 radical (unpaired) electrons. The van der Waals surface area contributed by atoms with Crippen LogP contribution in [0.1, 0.15) is 26.5 Å². The molecule has 5 aromatic rings. The van der Waals surface area contributed by atoms with E-state index < -0.39 is 121 Å². The molecule has 0 aliphatic carbocycles. The third-order valence-corrected chi connectivity index (χ3v) is 11.4. The number of phenols is 2. The summed E-state index contributed by atoms with van der Waals surface area (Å²) in [5.74, 6) is -3.27. The van der Waals surface area contributed by atoms with E-state index in [-0.39, 0.29) is 17.3 Å². The molecule has 0 fully saturated rings. The lowest BCUT2D eigenvalue weighted by Crippen LogP contribution is -2.12. The summed E-state index contributed by atoms with van der Waals surface area (Å²) in [6.07, 6.45) is 0. The Hall–Kier alpha value is -6.41. The van der Waals surface area contributed by atoms with E-state index in [0.29, 0.717) is 36.0 Å². The summed E-state index contributed by atoms with van der Waals surface area (Å²) in [7, 11) is -20.1. The van der Waals surface area contributed by atoms with Gasteiger partial charge in [-0.3, -0.25) is 28.3 Å². The number of nitro benzene ring substituents is 1. The van der Waals surface area contributed by atoms with Crippen LogP contribution < -0.4 is 0 Å². The molecule has 1 aromatic heterocycles. The molecule has 0 atom stereocenters. The third-order valence-electron chi connectivity index (χ3n) is 7.94. The van der Waals surface area contributed by atoms with Gasteiger partial charge in [-0.25, -0.2) is 4.68 Å². The van der Waals surface area contributed by atoms with Gasteiger partial charge in [-0.15, -0.1) is 25.6 Å². The highest BCUT2D eigenvalue weighted by Gasteiger charge is 2.30. The van der Waals surface area contributed by atoms with Crippen molar-refractivity contribution in [1.82, 2.24) is 9.78 Å². The molecular formula is C30H27N9O17S4. The van der Waals surface area contributed by atoms with E-state index in [2.05, 4.69) is 35.8 Å². The second-order valence-electron chi connectivity index (χ2n) is 13.2. The number of aromatic hydroxyl groups is 3. The van der Waals surface area contributed by atoms with Crippen molar-refractivity contribution in [2.75, 3.05) is 0 Å². The number of nitrogens with zero attached hydrogens (tertiary/aromatic N) is 9. The van der Waals surface area contributed by atoms with Crippen molar-refractivity contribution < 1.29 is 72.1 Å². The zero-order valence-corrected chi connectivity index (χ0v) is 33.8. The number of hydrogen-bond donors (Lipinski definition) is 7. The summed E-state index contributed by atoms with van der Waals surface area (Å²) < 4.78 is 139. The Labute approximate surface area is 337 Å². The maximum absolute atomic E-state index is 12.5. The van der Waals surface area contributed by atoms with E-state index in [1.54, 1.807) is 20.8 Å². The van der Waals surface area contributed by atoms with Crippen LogP contribution in [0.4, 0.5) is 39.8 Å². The van der Waals surface area contributed by atoms with E-state index in [4.69, 9.17) is 0 Å². The minimum absolute atomic E-state index is 0.0718. The molecule has 0 amide bonds. The van der Waals surface area contributed by atoms with Crippen molar-refractivity contribution >= 4 is 91.1 Å². The van der Waals surface area contributed by atoms with Crippen molar-refractivity contribution in [2.24, 2.45) is 37.7 Å². The van der Waals surface area contributed by atoms with Crippen molar-refractivity contribution in [3.05, 3.63) is 64.3 Å². The molecule has 0 saturated carbocycles. The number of aryl methyl sites for hydroxylation is 1. The number of fused-ring (bicyclic) bond motifs is 1. The van der Waals surface area contributed by atoms with Gasteiger partial charge in [0.2, 0.25) is 5.88 Å². The Morgan fingerprint density at radius 1 is 0.617 bits per heavy atom. The Balaban J connectivity index is 1.71. The fourth-order valence-electron chi connectivity index (χ4n) is 5.22. The number of hydrogen-bond acceptors (Lipinski definition) is 20. The standard InChI is InChI=1S/C30H27N9O17S4/c1-30(2,3)28-25(29(42)38(4)37-28)36-31-14-5-7-16(18(11-14)57(45,46)47)32-34-23-20(59(51,52)53)9-13-10-21(60(54,55)56)24(27(41)22(13)26(23)40)35-33-17-8-6-15(39(43)44)12-19(17)58(48,49)50/h5-12,40-42H,1-4H3,(H,45,46,47)(H,48,49,50)(H,51,52,53)(H,54,55,56)/b34-32+,35-33+,36-31+. The van der Waals surface area contributed by atoms with E-state index in [9.17, 15) is 77.3 Å². The summed E-state index contributed by atoms with van der Waals surface area (Å²) in [6.45, 7) is 5.30. The number of benzene rings is 4. The molecule has 7 N–H and O–H groups in total. The quantitative estimate of drug-likeness (QED) is 0.0339. The summed E-state index contributed by atoms with van der Waals surface area (Å²) in [6, 6.07) is 5.24. The summed E-state index contributed by atoms with van der Waals surface area (Å²) in [5.41, 5.74) is -5.67. The molecule has 0 saturated heterocycles. The molecule has 1 heterocycles. The SMILES string of the molecule is Cn1nc(C(C)(C)C)c(/N=N/c2ccc(/N=N/c3c(S(=O)(=O)O)cc4cc(S(=O)(=O)O)c(/N=N/c5ccc([N+](=O)[O-])cc5S(=O)(=O)O)c(O)c4c3O)c(S(=O)(=O)O)c2)c1O. The van der Waals surface area contributed by atoms with Crippen LogP contribution in [0, 0.1) is 10.1 Å². The Morgan fingerprint density at radius 3 is 1.48 bits per heavy atom. The van der Waals surface area contributed by atoms with Crippen LogP contribution in [0.25, 0.3) is 10.8 Å². The fraction of sp³-hybridized carbons (Fsp3) is 0.167. The number of phenolic OH excluding ortho intramolecular Hbond substituents is 2.